The van der Waals surface area contributed by atoms with Gasteiger partial charge in [-0.3, -0.25) is 4.18 Å². The summed E-state index contributed by atoms with van der Waals surface area (Å²) in [5.41, 5.74) is 0.954. The molecule has 0 unspecified atom stereocenters. The fourth-order valence-corrected chi connectivity index (χ4v) is 2.78. The Labute approximate surface area is 136 Å². The summed E-state index contributed by atoms with van der Waals surface area (Å²) in [4.78, 5) is 0. The number of hydrogen-bond acceptors (Lipinski definition) is 6. The second kappa shape index (κ2) is 7.06. The summed E-state index contributed by atoms with van der Waals surface area (Å²) in [7, 11) is 1.27. The van der Waals surface area contributed by atoms with Crippen molar-refractivity contribution in [1.82, 2.24) is 0 Å². The smallest absolute Gasteiger partial charge is 0.264 e. The van der Waals surface area contributed by atoms with E-state index < -0.39 is 10.1 Å². The van der Waals surface area contributed by atoms with E-state index in [0.29, 0.717) is 23.7 Å². The van der Waals surface area contributed by atoms with Gasteiger partial charge in [0, 0.05) is 5.39 Å². The molecule has 0 bridgehead atoms. The lowest BCUT2D eigenvalue weighted by atomic mass is 10.0. The van der Waals surface area contributed by atoms with E-state index in [1.807, 2.05) is 24.3 Å². The summed E-state index contributed by atoms with van der Waals surface area (Å²) in [5, 5.41) is 1.80. The van der Waals surface area contributed by atoms with Crippen molar-refractivity contribution in [2.24, 2.45) is 0 Å². The van der Waals surface area contributed by atoms with Crippen LogP contribution in [0.3, 0.4) is 0 Å². The van der Waals surface area contributed by atoms with Gasteiger partial charge in [0.05, 0.1) is 34.2 Å². The Morgan fingerprint density at radius 3 is 2.22 bits per heavy atom. The predicted molar refractivity (Wildman–Crippen MR) is 88.1 cm³/mol. The third kappa shape index (κ3) is 4.05. The van der Waals surface area contributed by atoms with Gasteiger partial charge in [-0.25, -0.2) is 0 Å². The molecule has 0 heterocycles. The van der Waals surface area contributed by atoms with Gasteiger partial charge in [0.1, 0.15) is 0 Å². The molecule has 23 heavy (non-hydrogen) atoms. The van der Waals surface area contributed by atoms with E-state index in [4.69, 9.17) is 18.4 Å². The van der Waals surface area contributed by atoms with Crippen molar-refractivity contribution in [3.63, 3.8) is 0 Å². The van der Waals surface area contributed by atoms with Crippen LogP contribution in [0.25, 0.3) is 10.8 Å². The number of benzene rings is 2. The van der Waals surface area contributed by atoms with Crippen LogP contribution in [0.2, 0.25) is 0 Å². The van der Waals surface area contributed by atoms with Crippen LogP contribution in [-0.2, 0) is 20.7 Å². The first-order chi connectivity index (χ1) is 10.9. The van der Waals surface area contributed by atoms with Crippen molar-refractivity contribution >= 4 is 20.9 Å². The fraction of sp³-hybridized carbons (Fsp3) is 0.375. The molecular formula is C16H20O6S. The molecule has 0 atom stereocenters. The van der Waals surface area contributed by atoms with E-state index in [-0.39, 0.29) is 6.61 Å². The van der Waals surface area contributed by atoms with Crippen LogP contribution in [0, 0.1) is 0 Å². The predicted octanol–water partition coefficient (Wildman–Crippen LogP) is 2.38. The summed E-state index contributed by atoms with van der Waals surface area (Å²) >= 11 is 0. The third-order valence-corrected chi connectivity index (χ3v) is 3.99. The Morgan fingerprint density at radius 1 is 0.957 bits per heavy atom. The van der Waals surface area contributed by atoms with Crippen molar-refractivity contribution in [2.45, 2.75) is 6.42 Å². The highest BCUT2D eigenvalue weighted by atomic mass is 32.2. The van der Waals surface area contributed by atoms with Crippen molar-refractivity contribution < 1.29 is 26.8 Å². The van der Waals surface area contributed by atoms with Crippen LogP contribution < -0.4 is 14.2 Å². The van der Waals surface area contributed by atoms with Gasteiger partial charge < -0.3 is 14.2 Å². The lowest BCUT2D eigenvalue weighted by Gasteiger charge is -2.15. The van der Waals surface area contributed by atoms with Crippen LogP contribution in [0.1, 0.15) is 5.56 Å². The summed E-state index contributed by atoms with van der Waals surface area (Å²) in [5.74, 6) is 1.71. The zero-order chi connectivity index (χ0) is 17.0. The lowest BCUT2D eigenvalue weighted by Crippen LogP contribution is -2.06. The summed E-state index contributed by atoms with van der Waals surface area (Å²) in [6.45, 7) is 0.106. The van der Waals surface area contributed by atoms with Crippen LogP contribution in [0.4, 0.5) is 0 Å². The minimum Gasteiger partial charge on any atom is -0.493 e. The molecule has 0 saturated heterocycles. The Bertz CT molecular complexity index is 798. The van der Waals surface area contributed by atoms with E-state index in [9.17, 15) is 8.42 Å². The van der Waals surface area contributed by atoms with E-state index in [1.54, 1.807) is 21.3 Å². The van der Waals surface area contributed by atoms with Gasteiger partial charge in [-0.15, -0.1) is 0 Å². The van der Waals surface area contributed by atoms with Gasteiger partial charge in [-0.1, -0.05) is 18.2 Å². The number of hydrogen-bond donors (Lipinski definition) is 0. The second-order valence-electron chi connectivity index (χ2n) is 4.98. The second-order valence-corrected chi connectivity index (χ2v) is 6.62. The molecular weight excluding hydrogens is 320 g/mol. The molecule has 2 rings (SSSR count). The van der Waals surface area contributed by atoms with Crippen LogP contribution in [0.5, 0.6) is 17.2 Å². The third-order valence-electron chi connectivity index (χ3n) is 3.39. The Morgan fingerprint density at radius 2 is 1.65 bits per heavy atom. The monoisotopic (exact) mass is 340 g/mol. The highest BCUT2D eigenvalue weighted by molar-refractivity contribution is 7.85. The van der Waals surface area contributed by atoms with Gasteiger partial charge in [0.25, 0.3) is 10.1 Å². The topological polar surface area (TPSA) is 71.1 Å². The minimum absolute atomic E-state index is 0.106. The number of fused-ring (bicyclic) bond motifs is 1. The maximum Gasteiger partial charge on any atom is 0.264 e. The summed E-state index contributed by atoms with van der Waals surface area (Å²) in [6, 6.07) is 7.62. The maximum atomic E-state index is 11.0. The number of methoxy groups -OCH3 is 3. The molecule has 0 aromatic heterocycles. The highest BCUT2D eigenvalue weighted by Gasteiger charge is 2.16. The molecule has 126 valence electrons. The van der Waals surface area contributed by atoms with Crippen molar-refractivity contribution in [2.75, 3.05) is 34.2 Å². The fourth-order valence-electron chi connectivity index (χ4n) is 2.39. The van der Waals surface area contributed by atoms with Gasteiger partial charge >= 0.3 is 0 Å². The van der Waals surface area contributed by atoms with Crippen molar-refractivity contribution in [1.29, 1.82) is 0 Å². The number of ether oxygens (including phenoxy) is 3. The molecule has 0 aliphatic rings. The standard InChI is InChI=1S/C16H20O6S/c1-19-14-10-12-9-11(7-8-22-23(4,17)18)5-6-13(12)15(20-2)16(14)21-3/h5-6,9-10H,7-8H2,1-4H3. The van der Waals surface area contributed by atoms with E-state index in [0.717, 1.165) is 22.6 Å². The Hall–Kier alpha value is -1.99. The van der Waals surface area contributed by atoms with Crippen molar-refractivity contribution in [3.05, 3.63) is 29.8 Å². The molecule has 0 amide bonds. The molecule has 0 aliphatic heterocycles. The Balaban J connectivity index is 2.39. The van der Waals surface area contributed by atoms with Crippen LogP contribution in [0.15, 0.2) is 24.3 Å². The molecule has 0 fully saturated rings. The zero-order valence-electron chi connectivity index (χ0n) is 13.6. The van der Waals surface area contributed by atoms with Crippen LogP contribution in [-0.4, -0.2) is 42.6 Å². The van der Waals surface area contributed by atoms with Gasteiger partial charge in [0.15, 0.2) is 11.5 Å². The first-order valence-electron chi connectivity index (χ1n) is 6.95. The SMILES string of the molecule is COc1cc2cc(CCOS(C)(=O)=O)ccc2c(OC)c1OC. The lowest BCUT2D eigenvalue weighted by molar-refractivity contribution is 0.326. The molecule has 0 radical (unpaired) electrons. The van der Waals surface area contributed by atoms with Gasteiger partial charge in [0.2, 0.25) is 5.75 Å². The normalized spacial score (nSPS) is 11.5. The Kier molecular flexibility index (Phi) is 5.33. The molecule has 2 aromatic carbocycles. The van der Waals surface area contributed by atoms with Gasteiger partial charge in [-0.2, -0.15) is 8.42 Å². The first kappa shape index (κ1) is 17.4. The summed E-state index contributed by atoms with van der Waals surface area (Å²) in [6.07, 6.45) is 1.52. The first-order valence-corrected chi connectivity index (χ1v) is 8.77. The average molecular weight is 340 g/mol. The van der Waals surface area contributed by atoms with E-state index in [1.165, 1.54) is 0 Å². The average Bonchev–Trinajstić information content (AvgIpc) is 2.51. The maximum absolute atomic E-state index is 11.0. The van der Waals surface area contributed by atoms with Gasteiger partial charge in [-0.05, 0) is 23.4 Å². The molecule has 2 aromatic rings. The molecule has 0 spiro atoms. The largest absolute Gasteiger partial charge is 0.493 e. The molecule has 0 saturated carbocycles. The quantitative estimate of drug-likeness (QED) is 0.721. The highest BCUT2D eigenvalue weighted by Crippen LogP contribution is 2.43. The molecule has 0 N–H and O–H groups in total. The summed E-state index contributed by atoms with van der Waals surface area (Å²) < 4.78 is 42.9. The molecule has 0 aliphatic carbocycles. The zero-order valence-corrected chi connectivity index (χ0v) is 14.4. The minimum atomic E-state index is -3.42. The molecule has 7 heteroatoms. The van der Waals surface area contributed by atoms with Crippen molar-refractivity contribution in [3.8, 4) is 17.2 Å². The molecule has 6 nitrogen and oxygen atoms in total. The van der Waals surface area contributed by atoms with E-state index >= 15 is 0 Å². The van der Waals surface area contributed by atoms with E-state index in [2.05, 4.69) is 0 Å². The number of rotatable bonds is 7. The van der Waals surface area contributed by atoms with Crippen LogP contribution >= 0.6 is 0 Å².